The van der Waals surface area contributed by atoms with Gasteiger partial charge in [0.2, 0.25) is 0 Å². The minimum Gasteiger partial charge on any atom is -0.496 e. The average Bonchev–Trinajstić information content (AvgIpc) is 3.19. The third-order valence-electron chi connectivity index (χ3n) is 6.13. The smallest absolute Gasteiger partial charge is 0.347 e. The Morgan fingerprint density at radius 1 is 0.875 bits per heavy atom. The average molecular weight is 542 g/mol. The van der Waals surface area contributed by atoms with Crippen LogP contribution in [-0.4, -0.2) is 40.0 Å². The molecule has 0 bridgehead atoms. The maximum atomic E-state index is 13.0. The summed E-state index contributed by atoms with van der Waals surface area (Å²) in [5, 5.41) is 6.36. The van der Waals surface area contributed by atoms with Crippen LogP contribution in [-0.2, 0) is 16.6 Å². The number of aromatic nitrogens is 2. The lowest BCUT2D eigenvalue weighted by molar-refractivity contribution is -0.136. The first-order valence-corrected chi connectivity index (χ1v) is 12.2. The molecule has 0 fully saturated rings. The van der Waals surface area contributed by atoms with Crippen molar-refractivity contribution in [2.45, 2.75) is 13.8 Å². The first kappa shape index (κ1) is 27.6. The maximum Gasteiger partial charge on any atom is 0.347 e. The quantitative estimate of drug-likeness (QED) is 0.121. The molecule has 0 radical (unpaired) electrons. The van der Waals surface area contributed by atoms with Crippen molar-refractivity contribution in [3.63, 3.8) is 0 Å². The lowest BCUT2D eigenvalue weighted by Gasteiger charge is -2.09. The molecule has 4 rings (SSSR count). The van der Waals surface area contributed by atoms with E-state index in [9.17, 15) is 19.2 Å². The number of nitrogens with zero attached hydrogens (tertiary/aromatic N) is 3. The fraction of sp³-hybridized carbons (Fsp3) is 0.138. The lowest BCUT2D eigenvalue weighted by atomic mass is 10.1. The second-order valence-corrected chi connectivity index (χ2v) is 8.64. The number of carbonyl (C=O) groups excluding carboxylic acids is 3. The molecule has 2 N–H and O–H groups in total. The number of hydrogen-bond acceptors (Lipinski definition) is 7. The van der Waals surface area contributed by atoms with Crippen LogP contribution in [0.4, 0.5) is 5.69 Å². The van der Waals surface area contributed by atoms with E-state index in [1.807, 2.05) is 6.07 Å². The summed E-state index contributed by atoms with van der Waals surface area (Å²) in [6.07, 6.45) is 0. The first-order chi connectivity index (χ1) is 19.2. The number of para-hydroxylation sites is 2. The van der Waals surface area contributed by atoms with Gasteiger partial charge >= 0.3 is 17.8 Å². The molecule has 40 heavy (non-hydrogen) atoms. The van der Waals surface area contributed by atoms with Gasteiger partial charge in [0.1, 0.15) is 22.7 Å². The summed E-state index contributed by atoms with van der Waals surface area (Å²) in [7, 11) is 3.15. The van der Waals surface area contributed by atoms with Crippen LogP contribution in [0.25, 0.3) is 5.69 Å². The number of amides is 2. The number of hydrogen-bond donors (Lipinski definition) is 2. The second-order valence-electron chi connectivity index (χ2n) is 8.64. The molecule has 4 aromatic rings. The summed E-state index contributed by atoms with van der Waals surface area (Å²) in [5.74, 6) is -1.96. The highest BCUT2D eigenvalue weighted by Gasteiger charge is 2.21. The third-order valence-corrected chi connectivity index (χ3v) is 6.13. The molecule has 11 nitrogen and oxygen atoms in total. The Balaban J connectivity index is 1.39. The van der Waals surface area contributed by atoms with E-state index in [2.05, 4.69) is 15.8 Å². The van der Waals surface area contributed by atoms with Crippen molar-refractivity contribution in [1.29, 1.82) is 0 Å². The van der Waals surface area contributed by atoms with Crippen molar-refractivity contribution in [2.75, 3.05) is 12.4 Å². The molecule has 0 saturated heterocycles. The van der Waals surface area contributed by atoms with E-state index in [1.54, 1.807) is 98.4 Å². The van der Waals surface area contributed by atoms with Crippen molar-refractivity contribution in [2.24, 2.45) is 12.1 Å². The van der Waals surface area contributed by atoms with Crippen LogP contribution in [0.5, 0.6) is 11.5 Å². The number of esters is 1. The molecule has 0 atom stereocenters. The Kier molecular flexibility index (Phi) is 8.24. The standard InChI is InChI=1S/C29H27N5O6/c1-18(20-14-16-22(17-15-20)40-29(38)23-12-8-9-13-24(23)39-4)31-32-27(36)26(35)30-25-19(2)33(3)34(28(25)37)21-10-6-5-7-11-21/h5-17H,1-4H3,(H,30,35)(H,32,36)/b31-18+. The van der Waals surface area contributed by atoms with Gasteiger partial charge in [-0.3, -0.25) is 19.1 Å². The minimum absolute atomic E-state index is 0.00883. The van der Waals surface area contributed by atoms with E-state index >= 15 is 0 Å². The Bertz CT molecular complexity index is 1650. The number of nitrogens with one attached hydrogen (secondary N) is 2. The minimum atomic E-state index is -1.05. The van der Waals surface area contributed by atoms with E-state index < -0.39 is 23.3 Å². The van der Waals surface area contributed by atoms with Crippen molar-refractivity contribution in [3.05, 3.63) is 106 Å². The lowest BCUT2D eigenvalue weighted by Crippen LogP contribution is -2.34. The highest BCUT2D eigenvalue weighted by Crippen LogP contribution is 2.21. The molecular weight excluding hydrogens is 514 g/mol. The van der Waals surface area contributed by atoms with Gasteiger partial charge in [0.05, 0.1) is 24.2 Å². The molecule has 1 aromatic heterocycles. The Morgan fingerprint density at radius 3 is 2.20 bits per heavy atom. The van der Waals surface area contributed by atoms with Crippen LogP contribution in [0.2, 0.25) is 0 Å². The van der Waals surface area contributed by atoms with Gasteiger partial charge < -0.3 is 14.8 Å². The van der Waals surface area contributed by atoms with E-state index in [0.717, 1.165) is 0 Å². The molecular formula is C29H27N5O6. The SMILES string of the molecule is COc1ccccc1C(=O)Oc1ccc(/C(C)=N/NC(=O)C(=O)Nc2c(C)n(C)n(-c3ccccc3)c2=O)cc1. The van der Waals surface area contributed by atoms with Crippen LogP contribution in [0.3, 0.4) is 0 Å². The zero-order valence-electron chi connectivity index (χ0n) is 22.3. The van der Waals surface area contributed by atoms with Gasteiger partial charge in [-0.1, -0.05) is 30.3 Å². The van der Waals surface area contributed by atoms with E-state index in [4.69, 9.17) is 9.47 Å². The van der Waals surface area contributed by atoms with E-state index in [1.165, 1.54) is 11.8 Å². The molecule has 1 heterocycles. The molecule has 204 valence electrons. The van der Waals surface area contributed by atoms with Crippen LogP contribution in [0, 0.1) is 6.92 Å². The van der Waals surface area contributed by atoms with E-state index in [0.29, 0.717) is 34.2 Å². The number of carbonyl (C=O) groups is 3. The summed E-state index contributed by atoms with van der Waals surface area (Å²) in [6.45, 7) is 3.29. The summed E-state index contributed by atoms with van der Waals surface area (Å²) in [4.78, 5) is 50.4. The van der Waals surface area contributed by atoms with Crippen molar-refractivity contribution in [3.8, 4) is 17.2 Å². The van der Waals surface area contributed by atoms with Crippen LogP contribution < -0.4 is 25.8 Å². The molecule has 0 aliphatic rings. The summed E-state index contributed by atoms with van der Waals surface area (Å²) >= 11 is 0. The number of ether oxygens (including phenoxy) is 2. The van der Waals surface area contributed by atoms with Gasteiger partial charge in [-0.05, 0) is 67.9 Å². The van der Waals surface area contributed by atoms with Gasteiger partial charge in [-0.2, -0.15) is 5.10 Å². The predicted molar refractivity (Wildman–Crippen MR) is 149 cm³/mol. The molecule has 0 aliphatic carbocycles. The fourth-order valence-electron chi connectivity index (χ4n) is 3.87. The van der Waals surface area contributed by atoms with Crippen LogP contribution in [0.1, 0.15) is 28.5 Å². The maximum absolute atomic E-state index is 13.0. The summed E-state index contributed by atoms with van der Waals surface area (Å²) in [5.41, 5.74) is 4.10. The number of anilines is 1. The van der Waals surface area contributed by atoms with Gasteiger partial charge in [-0.25, -0.2) is 14.9 Å². The Morgan fingerprint density at radius 2 is 1.52 bits per heavy atom. The van der Waals surface area contributed by atoms with Gasteiger partial charge in [0.25, 0.3) is 5.56 Å². The fourth-order valence-corrected chi connectivity index (χ4v) is 3.87. The molecule has 0 spiro atoms. The van der Waals surface area contributed by atoms with E-state index in [-0.39, 0.29) is 11.3 Å². The molecule has 3 aromatic carbocycles. The highest BCUT2D eigenvalue weighted by molar-refractivity contribution is 6.39. The van der Waals surface area contributed by atoms with Gasteiger partial charge in [0.15, 0.2) is 0 Å². The topological polar surface area (TPSA) is 133 Å². The highest BCUT2D eigenvalue weighted by atomic mass is 16.5. The van der Waals surface area contributed by atoms with Gasteiger partial charge in [-0.15, -0.1) is 0 Å². The molecule has 0 aliphatic heterocycles. The first-order valence-electron chi connectivity index (χ1n) is 12.2. The van der Waals surface area contributed by atoms with Crippen LogP contribution >= 0.6 is 0 Å². The second kappa shape index (κ2) is 11.9. The number of hydrazone groups is 1. The third kappa shape index (κ3) is 5.83. The Hall–Kier alpha value is -5.45. The summed E-state index contributed by atoms with van der Waals surface area (Å²) in [6, 6.07) is 22.1. The van der Waals surface area contributed by atoms with Crippen molar-refractivity contribution < 1.29 is 23.9 Å². The number of benzene rings is 3. The van der Waals surface area contributed by atoms with Gasteiger partial charge in [0, 0.05) is 7.05 Å². The summed E-state index contributed by atoms with van der Waals surface area (Å²) < 4.78 is 13.6. The molecule has 11 heteroatoms. The molecule has 0 saturated carbocycles. The van der Waals surface area contributed by atoms with Crippen molar-refractivity contribution in [1.82, 2.24) is 14.8 Å². The molecule has 0 unspecified atom stereocenters. The van der Waals surface area contributed by atoms with Crippen LogP contribution in [0.15, 0.2) is 88.8 Å². The monoisotopic (exact) mass is 541 g/mol. The predicted octanol–water partition coefficient (Wildman–Crippen LogP) is 3.19. The largest absolute Gasteiger partial charge is 0.496 e. The van der Waals surface area contributed by atoms with Crippen molar-refractivity contribution >= 4 is 29.2 Å². The zero-order chi connectivity index (χ0) is 28.8. The normalized spacial score (nSPS) is 11.1. The Labute approximate surface area is 229 Å². The number of rotatable bonds is 7. The zero-order valence-corrected chi connectivity index (χ0v) is 22.3. The number of methoxy groups -OCH3 is 1. The molecule has 2 amide bonds.